The van der Waals surface area contributed by atoms with Crippen LogP contribution in [0.15, 0.2) is 207 Å². The minimum atomic E-state index is -0.470. The number of rotatable bonds is 8. The molecule has 12 aromatic rings. The first-order valence-corrected chi connectivity index (χ1v) is 26.0. The minimum absolute atomic E-state index is 0. The van der Waals surface area contributed by atoms with E-state index in [1.807, 2.05) is 97.1 Å². The normalized spacial score (nSPS) is 10.6. The zero-order chi connectivity index (χ0) is 59.9. The Kier molecular flexibility index (Phi) is 18.7. The Labute approximate surface area is 496 Å². The average Bonchev–Trinajstić information content (AvgIpc) is 2.66. The van der Waals surface area contributed by atoms with Crippen molar-refractivity contribution in [3.8, 4) is 90.5 Å². The van der Waals surface area contributed by atoms with Gasteiger partial charge in [0.05, 0.1) is 28.4 Å². The fourth-order valence-corrected chi connectivity index (χ4v) is 9.43. The van der Waals surface area contributed by atoms with E-state index in [0.29, 0.717) is 44.6 Å². The Morgan fingerprint density at radius 2 is 0.529 bits per heavy atom. The molecule has 431 valence electrons. The molecule has 1 radical (unpaired) electrons. The molecule has 85 heavy (non-hydrogen) atoms. The van der Waals surface area contributed by atoms with Gasteiger partial charge in [0.15, 0.2) is 0 Å². The van der Waals surface area contributed by atoms with E-state index in [4.69, 9.17) is 36.6 Å². The molecule has 3 N–H and O–H groups in total. The summed E-state index contributed by atoms with van der Waals surface area (Å²) in [6.45, 7) is 6.82. The van der Waals surface area contributed by atoms with Crippen molar-refractivity contribution < 1.29 is 74.1 Å². The molecule has 0 unspecified atom stereocenters. The first-order valence-electron chi connectivity index (χ1n) is 26.0. The van der Waals surface area contributed by atoms with Crippen LogP contribution in [0.25, 0.3) is 88.4 Å². The number of phenols is 3. The van der Waals surface area contributed by atoms with Crippen molar-refractivity contribution in [1.82, 2.24) is 0 Å². The van der Waals surface area contributed by atoms with Crippen molar-refractivity contribution >= 4 is 43.9 Å². The summed E-state index contributed by atoms with van der Waals surface area (Å²) in [6, 6.07) is 48.8. The maximum absolute atomic E-state index is 11.8. The molecule has 8 aromatic carbocycles. The van der Waals surface area contributed by atoms with Crippen LogP contribution in [-0.4, -0.2) is 43.8 Å². The Hall–Kier alpha value is -10.5. The van der Waals surface area contributed by atoms with Crippen LogP contribution in [0.3, 0.4) is 0 Å². The molecule has 0 spiro atoms. The molecular weight excluding hydrogens is 1130 g/mol. The largest absolute Gasteiger partial charge is 0.872 e. The summed E-state index contributed by atoms with van der Waals surface area (Å²) < 4.78 is 41.5. The fourth-order valence-electron chi connectivity index (χ4n) is 9.43. The fraction of sp³-hybridized carbons (Fsp3) is 0.118. The predicted octanol–water partition coefficient (Wildman–Crippen LogP) is 13.3. The molecule has 0 saturated carbocycles. The maximum atomic E-state index is 11.8. The molecule has 0 atom stereocenters. The molecule has 0 bridgehead atoms. The second-order valence-electron chi connectivity index (χ2n) is 19.2. The molecule has 0 fully saturated rings. The molecule has 16 nitrogen and oxygen atoms in total. The van der Waals surface area contributed by atoms with Gasteiger partial charge in [-0.1, -0.05) is 60.7 Å². The van der Waals surface area contributed by atoms with Gasteiger partial charge in [0.1, 0.15) is 62.6 Å². The van der Waals surface area contributed by atoms with E-state index in [9.17, 15) is 39.6 Å². The Bertz CT molecular complexity index is 4040. The van der Waals surface area contributed by atoms with Crippen LogP contribution >= 0.6 is 0 Å². The topological polar surface area (TPSA) is 242 Å². The number of benzene rings is 8. The van der Waals surface area contributed by atoms with Crippen LogP contribution in [0.5, 0.6) is 46.0 Å². The van der Waals surface area contributed by atoms with E-state index in [2.05, 4.69) is 0 Å². The molecule has 0 amide bonds. The zero-order valence-corrected chi connectivity index (χ0v) is 48.4. The molecular formula is C68H55MnO16-. The van der Waals surface area contributed by atoms with Crippen LogP contribution < -0.4 is 46.6 Å². The number of ether oxygens (including phenoxy) is 4. The molecule has 0 aliphatic carbocycles. The van der Waals surface area contributed by atoms with Gasteiger partial charge >= 0.3 is 22.5 Å². The van der Waals surface area contributed by atoms with E-state index in [1.54, 1.807) is 98.6 Å². The number of fused-ring (bicyclic) bond motifs is 4. The van der Waals surface area contributed by atoms with Gasteiger partial charge in [-0.3, -0.25) is 0 Å². The van der Waals surface area contributed by atoms with Crippen molar-refractivity contribution in [2.75, 3.05) is 28.4 Å². The second-order valence-corrected chi connectivity index (χ2v) is 19.2. The van der Waals surface area contributed by atoms with Gasteiger partial charge in [0.2, 0.25) is 0 Å². The van der Waals surface area contributed by atoms with Gasteiger partial charge in [0, 0.05) is 79.6 Å². The number of hydrogen-bond donors (Lipinski definition) is 3. The van der Waals surface area contributed by atoms with Crippen molar-refractivity contribution in [2.45, 2.75) is 27.7 Å². The smallest absolute Gasteiger partial charge is 0.336 e. The Morgan fingerprint density at radius 1 is 0.318 bits per heavy atom. The van der Waals surface area contributed by atoms with Gasteiger partial charge in [-0.2, -0.15) is 0 Å². The van der Waals surface area contributed by atoms with Crippen molar-refractivity contribution in [1.29, 1.82) is 0 Å². The van der Waals surface area contributed by atoms with Crippen molar-refractivity contribution in [2.24, 2.45) is 0 Å². The summed E-state index contributed by atoms with van der Waals surface area (Å²) in [4.78, 5) is 47.1. The maximum Gasteiger partial charge on any atom is 0.336 e. The number of methoxy groups -OCH3 is 4. The van der Waals surface area contributed by atoms with Gasteiger partial charge in [-0.05, 0) is 163 Å². The van der Waals surface area contributed by atoms with Crippen LogP contribution in [0.1, 0.15) is 22.3 Å². The molecule has 0 aliphatic rings. The standard InChI is InChI=1S/4C17H14O4.Mn/c4*1-10-15(18)8-7-13-14(9-16(19)21-17(10)13)11-3-5-12(20-2)6-4-11;/h4*3-9,18H,1-2H3;/p-1. The quantitative estimate of drug-likeness (QED) is 0.0946. The Balaban J connectivity index is 0.000000147. The van der Waals surface area contributed by atoms with Crippen LogP contribution in [0.2, 0.25) is 0 Å². The minimum Gasteiger partial charge on any atom is -0.872 e. The van der Waals surface area contributed by atoms with Crippen LogP contribution in [0.4, 0.5) is 0 Å². The average molecular weight is 1180 g/mol. The number of phenolic OH excluding ortho intramolecular Hbond substituents is 3. The molecule has 4 aromatic heterocycles. The van der Waals surface area contributed by atoms with Crippen LogP contribution in [-0.2, 0) is 17.1 Å². The van der Waals surface area contributed by atoms with Gasteiger partial charge in [0.25, 0.3) is 0 Å². The van der Waals surface area contributed by atoms with E-state index < -0.39 is 22.5 Å². The third-order valence-corrected chi connectivity index (χ3v) is 14.1. The number of aryl methyl sites for hydroxylation is 4. The SMILES string of the molecule is COc1ccc(-c2cc(=O)oc3c(C)c(O)ccc23)cc1.COc1ccc(-c2cc(=O)oc3c(C)c(O)ccc23)cc1.COc1ccc(-c2cc(=O)oc3c(C)c(O)ccc23)cc1.COc1ccc(-c2cc(=O)oc3c(C)c([O-])ccc23)cc1.[Mn]. The van der Waals surface area contributed by atoms with Crippen molar-refractivity contribution in [3.05, 3.63) is 234 Å². The summed E-state index contributed by atoms with van der Waals surface area (Å²) in [5, 5.41) is 44.1. The summed E-state index contributed by atoms with van der Waals surface area (Å²) in [5.41, 5.74) is 8.48. The van der Waals surface area contributed by atoms with E-state index in [-0.39, 0.29) is 40.1 Å². The van der Waals surface area contributed by atoms with E-state index in [0.717, 1.165) is 89.1 Å². The number of hydrogen-bond acceptors (Lipinski definition) is 16. The van der Waals surface area contributed by atoms with E-state index >= 15 is 0 Å². The van der Waals surface area contributed by atoms with Crippen molar-refractivity contribution in [3.63, 3.8) is 0 Å². The number of aromatic hydroxyl groups is 3. The molecule has 4 heterocycles. The summed E-state index contributed by atoms with van der Waals surface area (Å²) in [6.07, 6.45) is 0. The molecule has 17 heteroatoms. The Morgan fingerprint density at radius 3 is 0.753 bits per heavy atom. The molecule has 0 aliphatic heterocycles. The first-order chi connectivity index (χ1) is 40.4. The predicted molar refractivity (Wildman–Crippen MR) is 321 cm³/mol. The van der Waals surface area contributed by atoms with E-state index in [1.165, 1.54) is 30.3 Å². The summed E-state index contributed by atoms with van der Waals surface area (Å²) in [5.74, 6) is 3.17. The van der Waals surface area contributed by atoms with Gasteiger partial charge < -0.3 is 57.0 Å². The summed E-state index contributed by atoms with van der Waals surface area (Å²) in [7, 11) is 6.41. The van der Waals surface area contributed by atoms with Crippen LogP contribution in [0, 0.1) is 27.7 Å². The summed E-state index contributed by atoms with van der Waals surface area (Å²) >= 11 is 0. The van der Waals surface area contributed by atoms with Gasteiger partial charge in [-0.25, -0.2) is 19.2 Å². The first kappa shape index (κ1) is 60.6. The second kappa shape index (κ2) is 26.2. The molecule has 0 saturated heterocycles. The monoisotopic (exact) mass is 1180 g/mol. The zero-order valence-electron chi connectivity index (χ0n) is 47.2. The third-order valence-electron chi connectivity index (χ3n) is 14.1. The van der Waals surface area contributed by atoms with Gasteiger partial charge in [-0.15, -0.1) is 5.75 Å². The molecule has 12 rings (SSSR count). The third kappa shape index (κ3) is 13.1.